The number of rotatable bonds is 1. The predicted octanol–water partition coefficient (Wildman–Crippen LogP) is -0.695. The molecule has 70 valence electrons. The molecule has 0 spiro atoms. The number of allylic oxidation sites excluding steroid dienone is 2. The first-order chi connectivity index (χ1) is 6.33. The van der Waals surface area contributed by atoms with Crippen LogP contribution in [0.4, 0.5) is 0 Å². The summed E-state index contributed by atoms with van der Waals surface area (Å²) in [4.78, 5) is 11.3. The molecule has 0 aromatic heterocycles. The van der Waals surface area contributed by atoms with Gasteiger partial charge in [-0.1, -0.05) is 12.2 Å². The maximum absolute atomic E-state index is 11.3. The number of methoxy groups -OCH3 is 1. The zero-order valence-corrected chi connectivity index (χ0v) is 7.23. The van der Waals surface area contributed by atoms with Gasteiger partial charge in [-0.25, -0.2) is 5.43 Å². The van der Waals surface area contributed by atoms with E-state index in [1.54, 1.807) is 0 Å². The molecule has 0 radical (unpaired) electrons. The van der Waals surface area contributed by atoms with Crippen LogP contribution in [0.1, 0.15) is 0 Å². The molecule has 0 bridgehead atoms. The Balaban J connectivity index is 2.13. The zero-order chi connectivity index (χ0) is 9.26. The van der Waals surface area contributed by atoms with Gasteiger partial charge in [-0.3, -0.25) is 9.80 Å². The van der Waals surface area contributed by atoms with Crippen molar-refractivity contribution < 1.29 is 9.53 Å². The molecular formula is C8H11N3O2. The summed E-state index contributed by atoms with van der Waals surface area (Å²) in [6.45, 7) is 0. The summed E-state index contributed by atoms with van der Waals surface area (Å²) in [5, 5.41) is 1.82. The average molecular weight is 181 g/mol. The molecule has 2 aliphatic heterocycles. The van der Waals surface area contributed by atoms with E-state index in [-0.39, 0.29) is 18.1 Å². The van der Waals surface area contributed by atoms with Crippen LogP contribution in [0.2, 0.25) is 0 Å². The Hall–Kier alpha value is -1.33. The van der Waals surface area contributed by atoms with Crippen LogP contribution in [0.5, 0.6) is 0 Å². The highest BCUT2D eigenvalue weighted by Crippen LogP contribution is 2.14. The van der Waals surface area contributed by atoms with E-state index in [9.17, 15) is 4.79 Å². The fourth-order valence-corrected chi connectivity index (χ4v) is 1.45. The lowest BCUT2D eigenvalue weighted by atomic mass is 10.1. The topological polar surface area (TPSA) is 53.6 Å². The van der Waals surface area contributed by atoms with E-state index in [1.807, 2.05) is 29.4 Å². The van der Waals surface area contributed by atoms with E-state index in [2.05, 4.69) is 15.7 Å². The van der Waals surface area contributed by atoms with Crippen LogP contribution in [0.15, 0.2) is 24.4 Å². The summed E-state index contributed by atoms with van der Waals surface area (Å²) in [7, 11) is 1.38. The highest BCUT2D eigenvalue weighted by atomic mass is 16.5. The standard InChI is InChI=1S/C8H11N3O2/c1-13-8(12)7-6-4-2-3-5-11(6)10-9-7/h2-7,9-10H,1H3. The van der Waals surface area contributed by atoms with Crippen molar-refractivity contribution in [2.75, 3.05) is 7.11 Å². The summed E-state index contributed by atoms with van der Waals surface area (Å²) in [5.74, 6) is -0.264. The predicted molar refractivity (Wildman–Crippen MR) is 46.0 cm³/mol. The van der Waals surface area contributed by atoms with Crippen LogP contribution in [-0.4, -0.2) is 30.2 Å². The minimum absolute atomic E-state index is 0.00236. The van der Waals surface area contributed by atoms with Crippen molar-refractivity contribution in [1.82, 2.24) is 16.0 Å². The van der Waals surface area contributed by atoms with Gasteiger partial charge in [-0.15, -0.1) is 0 Å². The van der Waals surface area contributed by atoms with Crippen LogP contribution >= 0.6 is 0 Å². The number of fused-ring (bicyclic) bond motifs is 1. The molecule has 2 aliphatic rings. The number of hydrogen-bond acceptors (Lipinski definition) is 5. The van der Waals surface area contributed by atoms with Crippen LogP contribution in [-0.2, 0) is 9.53 Å². The number of nitrogens with one attached hydrogen (secondary N) is 2. The zero-order valence-electron chi connectivity index (χ0n) is 7.23. The van der Waals surface area contributed by atoms with Crippen LogP contribution in [0.25, 0.3) is 0 Å². The molecule has 0 saturated carbocycles. The lowest BCUT2D eigenvalue weighted by Gasteiger charge is -2.21. The van der Waals surface area contributed by atoms with Gasteiger partial charge in [0, 0.05) is 6.20 Å². The normalized spacial score (nSPS) is 30.4. The number of carbonyl (C=O) groups is 1. The molecule has 0 aromatic rings. The van der Waals surface area contributed by atoms with Crippen molar-refractivity contribution in [3.8, 4) is 0 Å². The quantitative estimate of drug-likeness (QED) is 0.524. The van der Waals surface area contributed by atoms with Crippen molar-refractivity contribution in [3.63, 3.8) is 0 Å². The third-order valence-corrected chi connectivity index (χ3v) is 2.13. The van der Waals surface area contributed by atoms with Crippen LogP contribution in [0.3, 0.4) is 0 Å². The fraction of sp³-hybridized carbons (Fsp3) is 0.375. The van der Waals surface area contributed by atoms with E-state index in [1.165, 1.54) is 7.11 Å². The summed E-state index contributed by atoms with van der Waals surface area (Å²) in [6.07, 6.45) is 7.60. The number of nitrogens with zero attached hydrogens (tertiary/aromatic N) is 1. The van der Waals surface area contributed by atoms with Gasteiger partial charge < -0.3 is 4.74 Å². The molecule has 0 aliphatic carbocycles. The number of esters is 1. The second kappa shape index (κ2) is 3.20. The number of hydrazine groups is 2. The highest BCUT2D eigenvalue weighted by molar-refractivity contribution is 5.77. The lowest BCUT2D eigenvalue weighted by Crippen LogP contribution is -2.41. The SMILES string of the molecule is COC(=O)C1NNN2C=CC=CC12. The minimum Gasteiger partial charge on any atom is -0.468 e. The molecular weight excluding hydrogens is 170 g/mol. The number of hydrogen-bond donors (Lipinski definition) is 2. The van der Waals surface area contributed by atoms with Crippen molar-refractivity contribution in [3.05, 3.63) is 24.4 Å². The summed E-state index contributed by atoms with van der Waals surface area (Å²) >= 11 is 0. The Morgan fingerprint density at radius 1 is 1.54 bits per heavy atom. The molecule has 2 N–H and O–H groups in total. The minimum atomic E-state index is -0.341. The molecule has 0 aromatic carbocycles. The molecule has 2 heterocycles. The monoisotopic (exact) mass is 181 g/mol. The first-order valence-corrected chi connectivity index (χ1v) is 4.05. The van der Waals surface area contributed by atoms with Gasteiger partial charge in [0.25, 0.3) is 0 Å². The third kappa shape index (κ3) is 1.32. The van der Waals surface area contributed by atoms with Crippen molar-refractivity contribution in [1.29, 1.82) is 0 Å². The molecule has 1 fully saturated rings. The smallest absolute Gasteiger partial charge is 0.326 e. The van der Waals surface area contributed by atoms with Crippen LogP contribution in [0, 0.1) is 0 Å². The second-order valence-electron chi connectivity index (χ2n) is 2.88. The first-order valence-electron chi connectivity index (χ1n) is 4.05. The van der Waals surface area contributed by atoms with Gasteiger partial charge in [0.2, 0.25) is 0 Å². The Labute approximate surface area is 76.0 Å². The van der Waals surface area contributed by atoms with E-state index in [4.69, 9.17) is 0 Å². The van der Waals surface area contributed by atoms with Crippen molar-refractivity contribution in [2.24, 2.45) is 0 Å². The maximum Gasteiger partial charge on any atom is 0.326 e. The molecule has 5 heteroatoms. The largest absolute Gasteiger partial charge is 0.468 e. The summed E-state index contributed by atoms with van der Waals surface area (Å²) < 4.78 is 4.66. The molecule has 2 atom stereocenters. The molecule has 13 heavy (non-hydrogen) atoms. The summed E-state index contributed by atoms with van der Waals surface area (Å²) in [6, 6.07) is -0.344. The Bertz CT molecular complexity index is 275. The molecule has 5 nitrogen and oxygen atoms in total. The van der Waals surface area contributed by atoms with Crippen LogP contribution < -0.4 is 11.0 Å². The first kappa shape index (κ1) is 8.28. The Morgan fingerprint density at radius 3 is 3.15 bits per heavy atom. The Morgan fingerprint density at radius 2 is 2.38 bits per heavy atom. The van der Waals surface area contributed by atoms with Gasteiger partial charge in [0.1, 0.15) is 6.04 Å². The fourth-order valence-electron chi connectivity index (χ4n) is 1.45. The highest BCUT2D eigenvalue weighted by Gasteiger charge is 2.36. The van der Waals surface area contributed by atoms with E-state index >= 15 is 0 Å². The number of ether oxygens (including phenoxy) is 1. The van der Waals surface area contributed by atoms with E-state index < -0.39 is 0 Å². The van der Waals surface area contributed by atoms with E-state index in [0.717, 1.165) is 0 Å². The number of carbonyl (C=O) groups excluding carboxylic acids is 1. The molecule has 0 amide bonds. The van der Waals surface area contributed by atoms with Gasteiger partial charge in [-0.05, 0) is 6.08 Å². The second-order valence-corrected chi connectivity index (χ2v) is 2.88. The van der Waals surface area contributed by atoms with Gasteiger partial charge in [-0.2, -0.15) is 5.53 Å². The average Bonchev–Trinajstić information content (AvgIpc) is 2.60. The van der Waals surface area contributed by atoms with Crippen molar-refractivity contribution >= 4 is 5.97 Å². The van der Waals surface area contributed by atoms with E-state index in [0.29, 0.717) is 0 Å². The summed E-state index contributed by atoms with van der Waals surface area (Å²) in [5.41, 5.74) is 5.72. The van der Waals surface area contributed by atoms with Crippen molar-refractivity contribution in [2.45, 2.75) is 12.1 Å². The molecule has 1 saturated heterocycles. The lowest BCUT2D eigenvalue weighted by molar-refractivity contribution is -0.143. The molecule has 2 rings (SSSR count). The Kier molecular flexibility index (Phi) is 2.03. The maximum atomic E-state index is 11.3. The van der Waals surface area contributed by atoms with Gasteiger partial charge in [0.05, 0.1) is 13.2 Å². The molecule has 2 unspecified atom stereocenters. The third-order valence-electron chi connectivity index (χ3n) is 2.13. The van der Waals surface area contributed by atoms with Gasteiger partial charge >= 0.3 is 5.97 Å². The van der Waals surface area contributed by atoms with Gasteiger partial charge in [0.15, 0.2) is 0 Å².